The van der Waals surface area contributed by atoms with E-state index in [0.717, 1.165) is 30.3 Å². The smallest absolute Gasteiger partial charge is 0.313 e. The highest BCUT2D eigenvalue weighted by Gasteiger charge is 2.20. The van der Waals surface area contributed by atoms with Crippen molar-refractivity contribution in [2.45, 2.75) is 6.10 Å². The predicted molar refractivity (Wildman–Crippen MR) is 79.4 cm³/mol. The third kappa shape index (κ3) is 4.32. The summed E-state index contributed by atoms with van der Waals surface area (Å²) in [6.07, 6.45) is -1.66. The van der Waals surface area contributed by atoms with Crippen LogP contribution in [0.4, 0.5) is 18.9 Å². The average molecular weight is 338 g/mol. The van der Waals surface area contributed by atoms with Crippen molar-refractivity contribution in [3.8, 4) is 0 Å². The normalized spacial score (nSPS) is 11.7. The highest BCUT2D eigenvalue weighted by atomic mass is 19.1. The van der Waals surface area contributed by atoms with Crippen LogP contribution < -0.4 is 10.6 Å². The molecular formula is C16H13F3N2O3. The molecule has 0 aromatic heterocycles. The summed E-state index contributed by atoms with van der Waals surface area (Å²) < 4.78 is 39.7. The fourth-order valence-electron chi connectivity index (χ4n) is 1.92. The second-order valence-corrected chi connectivity index (χ2v) is 4.82. The molecular weight excluding hydrogens is 325 g/mol. The van der Waals surface area contributed by atoms with E-state index < -0.39 is 47.5 Å². The number of carbonyl (C=O) groups excluding carboxylic acids is 2. The summed E-state index contributed by atoms with van der Waals surface area (Å²) in [5, 5.41) is 14.0. The lowest BCUT2D eigenvalue weighted by atomic mass is 10.1. The number of aliphatic hydroxyl groups is 1. The van der Waals surface area contributed by atoms with Crippen LogP contribution in [-0.4, -0.2) is 23.5 Å². The number of hydrogen-bond acceptors (Lipinski definition) is 3. The van der Waals surface area contributed by atoms with Gasteiger partial charge in [-0.05, 0) is 36.4 Å². The molecule has 2 aromatic rings. The molecule has 1 atom stereocenters. The number of rotatable bonds is 4. The predicted octanol–water partition coefficient (Wildman–Crippen LogP) is 1.89. The molecule has 0 aliphatic heterocycles. The first-order chi connectivity index (χ1) is 11.4. The first-order valence-electron chi connectivity index (χ1n) is 6.85. The fraction of sp³-hybridized carbons (Fsp3) is 0.125. The third-order valence-electron chi connectivity index (χ3n) is 3.10. The Bertz CT molecular complexity index is 730. The van der Waals surface area contributed by atoms with Crippen molar-refractivity contribution in [3.63, 3.8) is 0 Å². The van der Waals surface area contributed by atoms with Crippen LogP contribution >= 0.6 is 0 Å². The number of aliphatic hydroxyl groups excluding tert-OH is 1. The van der Waals surface area contributed by atoms with Crippen LogP contribution in [0.5, 0.6) is 0 Å². The largest absolute Gasteiger partial charge is 0.386 e. The van der Waals surface area contributed by atoms with Gasteiger partial charge in [0.25, 0.3) is 0 Å². The van der Waals surface area contributed by atoms with E-state index in [1.54, 1.807) is 0 Å². The lowest BCUT2D eigenvalue weighted by molar-refractivity contribution is -0.136. The van der Waals surface area contributed by atoms with Crippen molar-refractivity contribution in [2.75, 3.05) is 11.9 Å². The minimum absolute atomic E-state index is 0.192. The Morgan fingerprint density at radius 3 is 2.12 bits per heavy atom. The van der Waals surface area contributed by atoms with E-state index in [2.05, 4.69) is 10.6 Å². The van der Waals surface area contributed by atoms with Gasteiger partial charge in [-0.3, -0.25) is 9.59 Å². The van der Waals surface area contributed by atoms with Crippen LogP contribution in [0.15, 0.2) is 42.5 Å². The Kier molecular flexibility index (Phi) is 5.54. The van der Waals surface area contributed by atoms with Crippen LogP contribution in [0.1, 0.15) is 11.7 Å². The highest BCUT2D eigenvalue weighted by Crippen LogP contribution is 2.19. The van der Waals surface area contributed by atoms with Crippen molar-refractivity contribution in [3.05, 3.63) is 65.5 Å². The monoisotopic (exact) mass is 338 g/mol. The van der Waals surface area contributed by atoms with Crippen LogP contribution in [0.2, 0.25) is 0 Å². The molecule has 0 aliphatic carbocycles. The first kappa shape index (κ1) is 17.5. The van der Waals surface area contributed by atoms with E-state index in [9.17, 15) is 27.9 Å². The van der Waals surface area contributed by atoms with Gasteiger partial charge in [0.2, 0.25) is 0 Å². The molecule has 0 saturated carbocycles. The molecule has 2 aromatic carbocycles. The number of halogens is 3. The van der Waals surface area contributed by atoms with Gasteiger partial charge in [-0.2, -0.15) is 0 Å². The maximum atomic E-state index is 13.5. The number of hydrogen-bond donors (Lipinski definition) is 3. The molecule has 0 heterocycles. The zero-order valence-electron chi connectivity index (χ0n) is 12.2. The van der Waals surface area contributed by atoms with Gasteiger partial charge in [0.1, 0.15) is 23.6 Å². The molecule has 8 heteroatoms. The standard InChI is InChI=1S/C16H13F3N2O3/c17-9-4-6-10(7-5-9)21-16(24)15(23)20-8-13(22)14-11(18)2-1-3-12(14)19/h1-7,13,22H,8H2,(H,20,23)(H,21,24)/t13-/m0/s1. The number of carbonyl (C=O) groups is 2. The van der Waals surface area contributed by atoms with Gasteiger partial charge in [-0.25, -0.2) is 13.2 Å². The van der Waals surface area contributed by atoms with Crippen molar-refractivity contribution in [1.29, 1.82) is 0 Å². The Morgan fingerprint density at radius 2 is 1.54 bits per heavy atom. The summed E-state index contributed by atoms with van der Waals surface area (Å²) in [7, 11) is 0. The molecule has 5 nitrogen and oxygen atoms in total. The Balaban J connectivity index is 1.92. The van der Waals surface area contributed by atoms with Crippen LogP contribution in [-0.2, 0) is 9.59 Å². The maximum Gasteiger partial charge on any atom is 0.313 e. The topological polar surface area (TPSA) is 78.4 Å². The fourth-order valence-corrected chi connectivity index (χ4v) is 1.92. The van der Waals surface area contributed by atoms with E-state index in [1.807, 2.05) is 0 Å². The number of anilines is 1. The van der Waals surface area contributed by atoms with E-state index in [1.165, 1.54) is 12.1 Å². The maximum absolute atomic E-state index is 13.5. The summed E-state index contributed by atoms with van der Waals surface area (Å²) in [6, 6.07) is 7.76. The Labute approximate surface area is 135 Å². The van der Waals surface area contributed by atoms with Gasteiger partial charge < -0.3 is 15.7 Å². The Hall–Kier alpha value is -2.87. The molecule has 0 bridgehead atoms. The van der Waals surface area contributed by atoms with E-state index in [4.69, 9.17) is 0 Å². The van der Waals surface area contributed by atoms with E-state index in [0.29, 0.717) is 0 Å². The van der Waals surface area contributed by atoms with Crippen molar-refractivity contribution >= 4 is 17.5 Å². The van der Waals surface area contributed by atoms with Gasteiger partial charge in [0.15, 0.2) is 0 Å². The summed E-state index contributed by atoms with van der Waals surface area (Å²) in [5.41, 5.74) is -0.408. The van der Waals surface area contributed by atoms with E-state index >= 15 is 0 Å². The molecule has 0 radical (unpaired) electrons. The lowest BCUT2D eigenvalue weighted by Gasteiger charge is -2.13. The highest BCUT2D eigenvalue weighted by molar-refractivity contribution is 6.39. The second-order valence-electron chi connectivity index (χ2n) is 4.82. The number of nitrogens with one attached hydrogen (secondary N) is 2. The van der Waals surface area contributed by atoms with Gasteiger partial charge in [0, 0.05) is 12.2 Å². The molecule has 2 rings (SSSR count). The molecule has 3 N–H and O–H groups in total. The minimum atomic E-state index is -1.66. The van der Waals surface area contributed by atoms with Gasteiger partial charge in [0.05, 0.1) is 5.56 Å². The van der Waals surface area contributed by atoms with Crippen molar-refractivity contribution in [1.82, 2.24) is 5.32 Å². The number of benzene rings is 2. The second kappa shape index (κ2) is 7.60. The van der Waals surface area contributed by atoms with E-state index in [-0.39, 0.29) is 5.69 Å². The molecule has 0 aliphatic rings. The number of amides is 2. The van der Waals surface area contributed by atoms with Crippen molar-refractivity contribution < 1.29 is 27.9 Å². The minimum Gasteiger partial charge on any atom is -0.386 e. The van der Waals surface area contributed by atoms with Crippen molar-refractivity contribution in [2.24, 2.45) is 0 Å². The summed E-state index contributed by atoms with van der Waals surface area (Å²) >= 11 is 0. The summed E-state index contributed by atoms with van der Waals surface area (Å²) in [4.78, 5) is 23.3. The third-order valence-corrected chi connectivity index (χ3v) is 3.10. The molecule has 0 fully saturated rings. The molecule has 0 spiro atoms. The zero-order valence-corrected chi connectivity index (χ0v) is 12.2. The van der Waals surface area contributed by atoms with Gasteiger partial charge >= 0.3 is 11.8 Å². The molecule has 2 amide bonds. The van der Waals surface area contributed by atoms with Crippen LogP contribution in [0.25, 0.3) is 0 Å². The average Bonchev–Trinajstić information content (AvgIpc) is 2.54. The summed E-state index contributed by atoms with van der Waals surface area (Å²) in [5.74, 6) is -4.62. The lowest BCUT2D eigenvalue weighted by Crippen LogP contribution is -2.37. The quantitative estimate of drug-likeness (QED) is 0.745. The Morgan fingerprint density at radius 1 is 0.958 bits per heavy atom. The zero-order chi connectivity index (χ0) is 17.7. The summed E-state index contributed by atoms with van der Waals surface area (Å²) in [6.45, 7) is -0.562. The van der Waals surface area contributed by atoms with Gasteiger partial charge in [-0.15, -0.1) is 0 Å². The molecule has 126 valence electrons. The van der Waals surface area contributed by atoms with Gasteiger partial charge in [-0.1, -0.05) is 6.07 Å². The SMILES string of the molecule is O=C(NC[C@H](O)c1c(F)cccc1F)C(=O)Nc1ccc(F)cc1. The van der Waals surface area contributed by atoms with Crippen LogP contribution in [0, 0.1) is 17.5 Å². The first-order valence-corrected chi connectivity index (χ1v) is 6.85. The molecule has 24 heavy (non-hydrogen) atoms. The molecule has 0 saturated heterocycles. The van der Waals surface area contributed by atoms with Crippen LogP contribution in [0.3, 0.4) is 0 Å². The molecule has 0 unspecified atom stereocenters.